The van der Waals surface area contributed by atoms with Crippen molar-refractivity contribution in [2.45, 2.75) is 56.6 Å². The van der Waals surface area contributed by atoms with E-state index in [1.165, 1.54) is 19.3 Å². The van der Waals surface area contributed by atoms with Crippen LogP contribution in [-0.4, -0.2) is 13.2 Å². The van der Waals surface area contributed by atoms with Crippen LogP contribution in [0.4, 0.5) is 0 Å². The second-order valence-corrected chi connectivity index (χ2v) is 5.87. The van der Waals surface area contributed by atoms with E-state index < -0.39 is 0 Å². The van der Waals surface area contributed by atoms with Crippen LogP contribution < -0.4 is 15.2 Å². The third-order valence-corrected chi connectivity index (χ3v) is 4.57. The van der Waals surface area contributed by atoms with E-state index in [0.717, 1.165) is 42.7 Å². The average Bonchev–Trinajstić information content (AvgIpc) is 2.89. The van der Waals surface area contributed by atoms with Crippen LogP contribution in [0.3, 0.4) is 0 Å². The van der Waals surface area contributed by atoms with E-state index in [2.05, 4.69) is 6.07 Å². The molecule has 2 saturated carbocycles. The fraction of sp³-hybridized carbons (Fsp3) is 0.625. The fourth-order valence-corrected chi connectivity index (χ4v) is 3.19. The highest BCUT2D eigenvalue weighted by molar-refractivity contribution is 5.50. The van der Waals surface area contributed by atoms with Gasteiger partial charge in [-0.25, -0.2) is 0 Å². The number of hydrogen-bond acceptors (Lipinski definition) is 3. The summed E-state index contributed by atoms with van der Waals surface area (Å²) in [6.45, 7) is 0. The van der Waals surface area contributed by atoms with Crippen LogP contribution in [-0.2, 0) is 5.54 Å². The Morgan fingerprint density at radius 3 is 2.47 bits per heavy atom. The number of benzene rings is 1. The highest BCUT2D eigenvalue weighted by Gasteiger charge is 2.38. The van der Waals surface area contributed by atoms with Crippen LogP contribution in [0.5, 0.6) is 11.5 Å². The highest BCUT2D eigenvalue weighted by atomic mass is 16.5. The normalized spacial score (nSPS) is 22.0. The smallest absolute Gasteiger partial charge is 0.166 e. The van der Waals surface area contributed by atoms with Crippen molar-refractivity contribution in [1.29, 1.82) is 0 Å². The molecule has 0 atom stereocenters. The second kappa shape index (κ2) is 5.04. The summed E-state index contributed by atoms with van der Waals surface area (Å²) in [5, 5.41) is 0. The maximum absolute atomic E-state index is 6.49. The molecule has 0 radical (unpaired) electrons. The van der Waals surface area contributed by atoms with Gasteiger partial charge in [0.1, 0.15) is 0 Å². The molecule has 0 aliphatic heterocycles. The molecular formula is C16H23NO2. The van der Waals surface area contributed by atoms with Gasteiger partial charge in [0, 0.05) is 11.1 Å². The molecule has 104 valence electrons. The molecule has 1 aromatic carbocycles. The van der Waals surface area contributed by atoms with Crippen molar-refractivity contribution < 1.29 is 9.47 Å². The van der Waals surface area contributed by atoms with Gasteiger partial charge in [0.25, 0.3) is 0 Å². The van der Waals surface area contributed by atoms with E-state index in [0.29, 0.717) is 6.10 Å². The van der Waals surface area contributed by atoms with Gasteiger partial charge in [0.2, 0.25) is 0 Å². The molecule has 1 aromatic rings. The minimum atomic E-state index is -0.206. The van der Waals surface area contributed by atoms with Crippen molar-refractivity contribution in [3.8, 4) is 11.5 Å². The molecule has 0 spiro atoms. The minimum absolute atomic E-state index is 0.206. The Labute approximate surface area is 115 Å². The zero-order chi connectivity index (χ0) is 13.3. The molecule has 0 aromatic heterocycles. The zero-order valence-corrected chi connectivity index (χ0v) is 11.7. The molecule has 2 aliphatic carbocycles. The number of ether oxygens (including phenoxy) is 2. The number of rotatable bonds is 4. The predicted octanol–water partition coefficient (Wildman–Crippen LogP) is 3.35. The number of para-hydroxylation sites is 1. The summed E-state index contributed by atoms with van der Waals surface area (Å²) >= 11 is 0. The SMILES string of the molecule is COc1cccc(C2(N)CCC2)c1OC1CCCC1. The first-order valence-electron chi connectivity index (χ1n) is 7.36. The largest absolute Gasteiger partial charge is 0.493 e. The second-order valence-electron chi connectivity index (χ2n) is 5.87. The quantitative estimate of drug-likeness (QED) is 0.904. The fourth-order valence-electron chi connectivity index (χ4n) is 3.19. The lowest BCUT2D eigenvalue weighted by molar-refractivity contribution is 0.182. The van der Waals surface area contributed by atoms with Gasteiger partial charge in [-0.3, -0.25) is 0 Å². The summed E-state index contributed by atoms with van der Waals surface area (Å²) in [6, 6.07) is 6.09. The first kappa shape index (κ1) is 12.8. The Balaban J connectivity index is 1.93. The molecule has 0 heterocycles. The molecule has 3 rings (SSSR count). The van der Waals surface area contributed by atoms with E-state index >= 15 is 0 Å². The van der Waals surface area contributed by atoms with E-state index in [9.17, 15) is 0 Å². The Bertz CT molecular complexity index is 448. The summed E-state index contributed by atoms with van der Waals surface area (Å²) in [5.74, 6) is 1.71. The minimum Gasteiger partial charge on any atom is -0.493 e. The van der Waals surface area contributed by atoms with Gasteiger partial charge in [-0.05, 0) is 51.0 Å². The first-order chi connectivity index (χ1) is 9.23. The van der Waals surface area contributed by atoms with Crippen molar-refractivity contribution >= 4 is 0 Å². The monoisotopic (exact) mass is 261 g/mol. The lowest BCUT2D eigenvalue weighted by Gasteiger charge is -2.40. The van der Waals surface area contributed by atoms with Gasteiger partial charge >= 0.3 is 0 Å². The average molecular weight is 261 g/mol. The number of hydrogen-bond donors (Lipinski definition) is 1. The van der Waals surface area contributed by atoms with Crippen LogP contribution >= 0.6 is 0 Å². The molecule has 3 heteroatoms. The molecule has 0 amide bonds. The Hall–Kier alpha value is -1.22. The Morgan fingerprint density at radius 1 is 1.16 bits per heavy atom. The third kappa shape index (κ3) is 2.32. The van der Waals surface area contributed by atoms with Crippen LogP contribution in [0.1, 0.15) is 50.5 Å². The molecule has 0 unspecified atom stereocenters. The van der Waals surface area contributed by atoms with E-state index in [4.69, 9.17) is 15.2 Å². The van der Waals surface area contributed by atoms with Gasteiger partial charge in [0.05, 0.1) is 13.2 Å². The van der Waals surface area contributed by atoms with Crippen molar-refractivity contribution in [3.05, 3.63) is 23.8 Å². The van der Waals surface area contributed by atoms with Crippen LogP contribution in [0.25, 0.3) is 0 Å². The van der Waals surface area contributed by atoms with Gasteiger partial charge in [-0.2, -0.15) is 0 Å². The first-order valence-corrected chi connectivity index (χ1v) is 7.36. The maximum atomic E-state index is 6.49. The maximum Gasteiger partial charge on any atom is 0.166 e. The van der Waals surface area contributed by atoms with Gasteiger partial charge in [-0.15, -0.1) is 0 Å². The van der Waals surface area contributed by atoms with E-state index in [-0.39, 0.29) is 5.54 Å². The standard InChI is InChI=1S/C16H23NO2/c1-18-14-9-4-8-13(16(17)10-5-11-16)15(14)19-12-6-2-3-7-12/h4,8-9,12H,2-3,5-7,10-11,17H2,1H3. The number of methoxy groups -OCH3 is 1. The van der Waals surface area contributed by atoms with Gasteiger partial charge < -0.3 is 15.2 Å². The van der Waals surface area contributed by atoms with Crippen molar-refractivity contribution in [1.82, 2.24) is 0 Å². The third-order valence-electron chi connectivity index (χ3n) is 4.57. The summed E-state index contributed by atoms with van der Waals surface area (Å²) in [6.07, 6.45) is 8.45. The van der Waals surface area contributed by atoms with Crippen LogP contribution in [0.2, 0.25) is 0 Å². The topological polar surface area (TPSA) is 44.5 Å². The molecule has 2 aliphatic rings. The lowest BCUT2D eigenvalue weighted by Crippen LogP contribution is -2.43. The summed E-state index contributed by atoms with van der Waals surface area (Å²) in [7, 11) is 1.70. The molecule has 0 saturated heterocycles. The summed E-state index contributed by atoms with van der Waals surface area (Å²) in [5.41, 5.74) is 7.41. The van der Waals surface area contributed by atoms with Gasteiger partial charge in [0.15, 0.2) is 11.5 Å². The zero-order valence-electron chi connectivity index (χ0n) is 11.7. The predicted molar refractivity (Wildman–Crippen MR) is 75.6 cm³/mol. The molecule has 3 nitrogen and oxygen atoms in total. The van der Waals surface area contributed by atoms with E-state index in [1.807, 2.05) is 12.1 Å². The van der Waals surface area contributed by atoms with Crippen LogP contribution in [0.15, 0.2) is 18.2 Å². The lowest BCUT2D eigenvalue weighted by atomic mass is 9.72. The molecular weight excluding hydrogens is 238 g/mol. The number of nitrogens with two attached hydrogens (primary N) is 1. The Kier molecular flexibility index (Phi) is 3.40. The van der Waals surface area contributed by atoms with Crippen molar-refractivity contribution in [2.75, 3.05) is 7.11 Å². The van der Waals surface area contributed by atoms with Crippen LogP contribution in [0, 0.1) is 0 Å². The van der Waals surface area contributed by atoms with E-state index in [1.54, 1.807) is 7.11 Å². The van der Waals surface area contributed by atoms with Gasteiger partial charge in [-0.1, -0.05) is 12.1 Å². The summed E-state index contributed by atoms with van der Waals surface area (Å²) in [4.78, 5) is 0. The van der Waals surface area contributed by atoms with Crippen molar-refractivity contribution in [2.24, 2.45) is 5.73 Å². The highest BCUT2D eigenvalue weighted by Crippen LogP contribution is 2.46. The molecule has 2 fully saturated rings. The molecule has 0 bridgehead atoms. The Morgan fingerprint density at radius 2 is 1.89 bits per heavy atom. The molecule has 19 heavy (non-hydrogen) atoms. The summed E-state index contributed by atoms with van der Waals surface area (Å²) < 4.78 is 11.7. The van der Waals surface area contributed by atoms with Crippen molar-refractivity contribution in [3.63, 3.8) is 0 Å². The molecule has 2 N–H and O–H groups in total.